The fourth-order valence-electron chi connectivity index (χ4n) is 1.85. The van der Waals surface area contributed by atoms with Crippen LogP contribution >= 0.6 is 0 Å². The summed E-state index contributed by atoms with van der Waals surface area (Å²) in [6, 6.07) is 7.12. The summed E-state index contributed by atoms with van der Waals surface area (Å²) < 4.78 is 39.6. The second-order valence-corrected chi connectivity index (χ2v) is 3.89. The van der Waals surface area contributed by atoms with E-state index in [1.54, 1.807) is 24.4 Å². The van der Waals surface area contributed by atoms with Gasteiger partial charge in [-0.1, -0.05) is 12.1 Å². The molecule has 0 unspecified atom stereocenters. The van der Waals surface area contributed by atoms with Crippen molar-refractivity contribution in [3.63, 3.8) is 0 Å². The zero-order valence-corrected chi connectivity index (χ0v) is 9.05. The lowest BCUT2D eigenvalue weighted by Gasteiger charge is -2.05. The maximum absolute atomic E-state index is 13.6. The van der Waals surface area contributed by atoms with Crippen molar-refractivity contribution in [1.29, 1.82) is 0 Å². The maximum atomic E-state index is 13.6. The largest absolute Gasteiger partial charge is 0.278 e. The molecule has 0 aliphatic rings. The first kappa shape index (κ1) is 10.8. The Balaban J connectivity index is 2.22. The van der Waals surface area contributed by atoms with E-state index >= 15 is 0 Å². The Morgan fingerprint density at radius 1 is 0.944 bits per heavy atom. The highest BCUT2D eigenvalue weighted by Crippen LogP contribution is 2.27. The van der Waals surface area contributed by atoms with Crippen molar-refractivity contribution in [3.8, 4) is 11.1 Å². The van der Waals surface area contributed by atoms with E-state index in [4.69, 9.17) is 0 Å². The molecule has 0 aliphatic carbocycles. The van der Waals surface area contributed by atoms with Crippen LogP contribution in [0.3, 0.4) is 0 Å². The van der Waals surface area contributed by atoms with Crippen LogP contribution in [0, 0.1) is 17.5 Å². The molecule has 0 saturated carbocycles. The average Bonchev–Trinajstić information content (AvgIpc) is 2.83. The molecule has 0 saturated heterocycles. The third-order valence-corrected chi connectivity index (χ3v) is 2.79. The van der Waals surface area contributed by atoms with E-state index in [1.165, 1.54) is 6.07 Å². The maximum Gasteiger partial charge on any atom is 0.195 e. The molecule has 2 nitrogen and oxygen atoms in total. The van der Waals surface area contributed by atoms with Gasteiger partial charge in [0.05, 0.1) is 11.7 Å². The summed E-state index contributed by atoms with van der Waals surface area (Å²) in [7, 11) is 0. The molecule has 5 heteroatoms. The summed E-state index contributed by atoms with van der Waals surface area (Å²) in [4.78, 5) is 0. The van der Waals surface area contributed by atoms with E-state index in [9.17, 15) is 13.2 Å². The minimum atomic E-state index is -1.46. The van der Waals surface area contributed by atoms with E-state index in [-0.39, 0.29) is 5.56 Å². The first-order chi connectivity index (χ1) is 8.66. The van der Waals surface area contributed by atoms with E-state index in [1.807, 2.05) is 0 Å². The van der Waals surface area contributed by atoms with Crippen LogP contribution in [-0.2, 0) is 0 Å². The lowest BCUT2D eigenvalue weighted by Crippen LogP contribution is -1.93. The van der Waals surface area contributed by atoms with Crippen molar-refractivity contribution < 1.29 is 13.2 Å². The van der Waals surface area contributed by atoms with Gasteiger partial charge >= 0.3 is 0 Å². The van der Waals surface area contributed by atoms with Gasteiger partial charge in [-0.3, -0.25) is 5.10 Å². The molecule has 18 heavy (non-hydrogen) atoms. The second kappa shape index (κ2) is 3.87. The Hall–Kier alpha value is -2.30. The average molecular weight is 248 g/mol. The number of hydrogen-bond donors (Lipinski definition) is 1. The monoisotopic (exact) mass is 248 g/mol. The predicted molar refractivity (Wildman–Crippen MR) is 61.4 cm³/mol. The van der Waals surface area contributed by atoms with Crippen molar-refractivity contribution in [2.75, 3.05) is 0 Å². The number of rotatable bonds is 1. The molecule has 0 radical (unpaired) electrons. The first-order valence-corrected chi connectivity index (χ1v) is 5.24. The van der Waals surface area contributed by atoms with Gasteiger partial charge in [-0.05, 0) is 23.8 Å². The topological polar surface area (TPSA) is 28.7 Å². The Labute approximate surface area is 100 Å². The third kappa shape index (κ3) is 1.55. The highest BCUT2D eigenvalue weighted by molar-refractivity contribution is 5.83. The quantitative estimate of drug-likeness (QED) is 0.654. The van der Waals surface area contributed by atoms with Crippen molar-refractivity contribution in [3.05, 3.63) is 54.0 Å². The predicted octanol–water partition coefficient (Wildman–Crippen LogP) is 3.65. The van der Waals surface area contributed by atoms with Crippen LogP contribution in [0.15, 0.2) is 36.5 Å². The standard InChI is InChI=1S/C13H7F3N2/c14-10-4-3-9(12(15)13(10)16)7-1-2-8-6-17-18-11(8)5-7/h1-6H,(H,17,18). The van der Waals surface area contributed by atoms with Gasteiger partial charge in [-0.2, -0.15) is 5.10 Å². The Morgan fingerprint density at radius 3 is 2.61 bits per heavy atom. The summed E-state index contributed by atoms with van der Waals surface area (Å²) in [5, 5.41) is 7.43. The first-order valence-electron chi connectivity index (χ1n) is 5.24. The fourth-order valence-corrected chi connectivity index (χ4v) is 1.85. The van der Waals surface area contributed by atoms with Gasteiger partial charge in [-0.15, -0.1) is 0 Å². The summed E-state index contributed by atoms with van der Waals surface area (Å²) in [6.07, 6.45) is 1.63. The minimum Gasteiger partial charge on any atom is -0.278 e. The normalized spacial score (nSPS) is 11.1. The minimum absolute atomic E-state index is 0.0189. The molecule has 1 heterocycles. The van der Waals surface area contributed by atoms with E-state index < -0.39 is 17.5 Å². The number of aromatic amines is 1. The molecule has 0 atom stereocenters. The van der Waals surface area contributed by atoms with E-state index in [2.05, 4.69) is 10.2 Å². The van der Waals surface area contributed by atoms with E-state index in [0.717, 1.165) is 11.5 Å². The third-order valence-electron chi connectivity index (χ3n) is 2.79. The number of nitrogens with zero attached hydrogens (tertiary/aromatic N) is 1. The Bertz CT molecular complexity index is 734. The number of benzene rings is 2. The van der Waals surface area contributed by atoms with Crippen LogP contribution in [-0.4, -0.2) is 10.2 Å². The molecule has 3 rings (SSSR count). The number of halogens is 3. The van der Waals surface area contributed by atoms with Crippen LogP contribution < -0.4 is 0 Å². The number of hydrogen-bond acceptors (Lipinski definition) is 1. The smallest absolute Gasteiger partial charge is 0.195 e. The van der Waals surface area contributed by atoms with Crippen LogP contribution in [0.2, 0.25) is 0 Å². The molecule has 0 spiro atoms. The van der Waals surface area contributed by atoms with Crippen molar-refractivity contribution in [2.24, 2.45) is 0 Å². The van der Waals surface area contributed by atoms with E-state index in [0.29, 0.717) is 11.1 Å². The highest BCUT2D eigenvalue weighted by Gasteiger charge is 2.14. The lowest BCUT2D eigenvalue weighted by molar-refractivity contribution is 0.449. The number of nitrogens with one attached hydrogen (secondary N) is 1. The fraction of sp³-hybridized carbons (Fsp3) is 0. The van der Waals surface area contributed by atoms with Gasteiger partial charge in [0.25, 0.3) is 0 Å². The number of aromatic nitrogens is 2. The Morgan fingerprint density at radius 2 is 1.78 bits per heavy atom. The Kier molecular flexibility index (Phi) is 2.33. The van der Waals surface area contributed by atoms with Crippen molar-refractivity contribution in [1.82, 2.24) is 10.2 Å². The number of fused-ring (bicyclic) bond motifs is 1. The summed E-state index contributed by atoms with van der Waals surface area (Å²) in [5.41, 5.74) is 1.19. The molecule has 3 aromatic rings. The summed E-state index contributed by atoms with van der Waals surface area (Å²) in [5.74, 6) is -3.84. The molecule has 0 amide bonds. The van der Waals surface area contributed by atoms with Gasteiger partial charge in [0, 0.05) is 10.9 Å². The molecule has 0 fully saturated rings. The van der Waals surface area contributed by atoms with Gasteiger partial charge in [0.2, 0.25) is 0 Å². The molecular formula is C13H7F3N2. The molecular weight excluding hydrogens is 241 g/mol. The SMILES string of the molecule is Fc1ccc(-c2ccc3cn[nH]c3c2)c(F)c1F. The van der Waals surface area contributed by atoms with Crippen LogP contribution in [0.4, 0.5) is 13.2 Å². The van der Waals surface area contributed by atoms with Gasteiger partial charge in [-0.25, -0.2) is 13.2 Å². The molecule has 0 aliphatic heterocycles. The second-order valence-electron chi connectivity index (χ2n) is 3.89. The number of H-pyrrole nitrogens is 1. The summed E-state index contributed by atoms with van der Waals surface area (Å²) in [6.45, 7) is 0. The molecule has 1 N–H and O–H groups in total. The van der Waals surface area contributed by atoms with Gasteiger partial charge in [0.1, 0.15) is 0 Å². The van der Waals surface area contributed by atoms with Crippen molar-refractivity contribution in [2.45, 2.75) is 0 Å². The van der Waals surface area contributed by atoms with Crippen LogP contribution in [0.1, 0.15) is 0 Å². The molecule has 0 bridgehead atoms. The van der Waals surface area contributed by atoms with Gasteiger partial charge < -0.3 is 0 Å². The zero-order chi connectivity index (χ0) is 12.7. The van der Waals surface area contributed by atoms with Crippen LogP contribution in [0.5, 0.6) is 0 Å². The van der Waals surface area contributed by atoms with Gasteiger partial charge in [0.15, 0.2) is 17.5 Å². The zero-order valence-electron chi connectivity index (χ0n) is 9.05. The lowest BCUT2D eigenvalue weighted by atomic mass is 10.0. The van der Waals surface area contributed by atoms with Crippen LogP contribution in [0.25, 0.3) is 22.0 Å². The molecule has 1 aromatic heterocycles. The molecule has 90 valence electrons. The molecule has 2 aromatic carbocycles. The van der Waals surface area contributed by atoms with Crippen molar-refractivity contribution >= 4 is 10.9 Å². The highest BCUT2D eigenvalue weighted by atomic mass is 19.2. The summed E-state index contributed by atoms with van der Waals surface area (Å²) >= 11 is 0.